The molecule has 0 saturated carbocycles. The standard InChI is InChI=1S/C15H31NO2S/c1-13(15(5,6)7)16-19(17,18)12-10-8-9-11-14(2,3)4/h8-9,13,16H,10-12H2,1-7H3/b9-8+/t13-/m1/s1. The van der Waals surface area contributed by atoms with Gasteiger partial charge in [-0.1, -0.05) is 53.7 Å². The van der Waals surface area contributed by atoms with Gasteiger partial charge in [0, 0.05) is 6.04 Å². The zero-order chi connectivity index (χ0) is 15.3. The molecule has 0 unspecified atom stereocenters. The van der Waals surface area contributed by atoms with Crippen LogP contribution in [0.5, 0.6) is 0 Å². The molecule has 19 heavy (non-hydrogen) atoms. The van der Waals surface area contributed by atoms with Crippen molar-refractivity contribution in [2.24, 2.45) is 10.8 Å². The summed E-state index contributed by atoms with van der Waals surface area (Å²) >= 11 is 0. The van der Waals surface area contributed by atoms with E-state index in [1.54, 1.807) is 0 Å². The van der Waals surface area contributed by atoms with Gasteiger partial charge in [-0.05, 0) is 30.6 Å². The Morgan fingerprint density at radius 1 is 1.05 bits per heavy atom. The number of rotatable bonds is 6. The SMILES string of the molecule is C[C@@H](NS(=O)(=O)CC/C=C/CC(C)(C)C)C(C)(C)C. The first-order valence-electron chi connectivity index (χ1n) is 6.98. The Morgan fingerprint density at radius 3 is 2.00 bits per heavy atom. The summed E-state index contributed by atoms with van der Waals surface area (Å²) in [5.74, 6) is 0.161. The quantitative estimate of drug-likeness (QED) is 0.757. The van der Waals surface area contributed by atoms with Gasteiger partial charge in [-0.15, -0.1) is 0 Å². The van der Waals surface area contributed by atoms with Crippen molar-refractivity contribution in [1.82, 2.24) is 4.72 Å². The Balaban J connectivity index is 4.20. The Hall–Kier alpha value is -0.350. The molecule has 114 valence electrons. The van der Waals surface area contributed by atoms with Crippen molar-refractivity contribution in [2.45, 2.75) is 67.3 Å². The van der Waals surface area contributed by atoms with Crippen molar-refractivity contribution in [3.05, 3.63) is 12.2 Å². The Bertz CT molecular complexity index is 383. The van der Waals surface area contributed by atoms with Crippen LogP contribution >= 0.6 is 0 Å². The fraction of sp³-hybridized carbons (Fsp3) is 0.867. The number of hydrogen-bond donors (Lipinski definition) is 1. The Morgan fingerprint density at radius 2 is 1.58 bits per heavy atom. The molecule has 0 aromatic rings. The topological polar surface area (TPSA) is 46.2 Å². The lowest BCUT2D eigenvalue weighted by atomic mass is 9.89. The molecular formula is C15H31NO2S. The second-order valence-corrected chi connectivity index (χ2v) is 9.42. The van der Waals surface area contributed by atoms with Crippen molar-refractivity contribution in [1.29, 1.82) is 0 Å². The van der Waals surface area contributed by atoms with E-state index < -0.39 is 10.0 Å². The van der Waals surface area contributed by atoms with E-state index in [1.807, 2.05) is 33.8 Å². The van der Waals surface area contributed by atoms with E-state index in [0.717, 1.165) is 6.42 Å². The smallest absolute Gasteiger partial charge is 0.212 e. The van der Waals surface area contributed by atoms with Crippen molar-refractivity contribution in [3.8, 4) is 0 Å². The highest BCUT2D eigenvalue weighted by atomic mass is 32.2. The van der Waals surface area contributed by atoms with Crippen LogP contribution in [-0.4, -0.2) is 20.2 Å². The molecule has 0 spiro atoms. The molecule has 1 N–H and O–H groups in total. The molecule has 0 fully saturated rings. The number of hydrogen-bond acceptors (Lipinski definition) is 2. The first-order chi connectivity index (χ1) is 8.33. The zero-order valence-corrected chi connectivity index (χ0v) is 14.4. The second kappa shape index (κ2) is 6.89. The average Bonchev–Trinajstić information content (AvgIpc) is 2.12. The van der Waals surface area contributed by atoms with E-state index in [9.17, 15) is 8.42 Å². The van der Waals surface area contributed by atoms with Crippen molar-refractivity contribution < 1.29 is 8.42 Å². The molecule has 0 saturated heterocycles. The number of nitrogens with one attached hydrogen (secondary N) is 1. The monoisotopic (exact) mass is 289 g/mol. The third-order valence-corrected chi connectivity index (χ3v) is 4.59. The Kier molecular flexibility index (Phi) is 6.76. The third kappa shape index (κ3) is 10.1. The van der Waals surface area contributed by atoms with E-state index in [0.29, 0.717) is 6.42 Å². The molecule has 0 aliphatic heterocycles. The molecule has 0 aromatic heterocycles. The van der Waals surface area contributed by atoms with Crippen molar-refractivity contribution >= 4 is 10.0 Å². The summed E-state index contributed by atoms with van der Waals surface area (Å²) < 4.78 is 26.5. The van der Waals surface area contributed by atoms with E-state index in [4.69, 9.17) is 0 Å². The lowest BCUT2D eigenvalue weighted by Gasteiger charge is -2.27. The summed E-state index contributed by atoms with van der Waals surface area (Å²) in [5.41, 5.74) is 0.198. The molecule has 1 atom stereocenters. The van der Waals surface area contributed by atoms with Crippen LogP contribution in [0, 0.1) is 10.8 Å². The Labute approximate surface area is 119 Å². The highest BCUT2D eigenvalue weighted by Gasteiger charge is 2.24. The van der Waals surface area contributed by atoms with Crippen LogP contribution in [0.3, 0.4) is 0 Å². The predicted octanol–water partition coefficient (Wildman–Crippen LogP) is 3.72. The summed E-state index contributed by atoms with van der Waals surface area (Å²) in [5, 5.41) is 0. The molecule has 0 rings (SSSR count). The maximum absolute atomic E-state index is 11.9. The zero-order valence-electron chi connectivity index (χ0n) is 13.6. The van der Waals surface area contributed by atoms with Gasteiger partial charge in [0.25, 0.3) is 0 Å². The van der Waals surface area contributed by atoms with Gasteiger partial charge in [-0.2, -0.15) is 0 Å². The first-order valence-corrected chi connectivity index (χ1v) is 8.64. The van der Waals surface area contributed by atoms with E-state index in [1.165, 1.54) is 0 Å². The first kappa shape index (κ1) is 18.7. The lowest BCUT2D eigenvalue weighted by molar-refractivity contribution is 0.317. The largest absolute Gasteiger partial charge is 0.212 e. The molecule has 0 radical (unpaired) electrons. The summed E-state index contributed by atoms with van der Waals surface area (Å²) in [6.45, 7) is 14.5. The maximum Gasteiger partial charge on any atom is 0.212 e. The van der Waals surface area contributed by atoms with Crippen LogP contribution in [0.1, 0.15) is 61.3 Å². The van der Waals surface area contributed by atoms with Crippen LogP contribution in [0.15, 0.2) is 12.2 Å². The van der Waals surface area contributed by atoms with Crippen LogP contribution in [0.25, 0.3) is 0 Å². The molecule has 0 amide bonds. The molecule has 0 heterocycles. The molecule has 0 aliphatic rings. The molecule has 3 nitrogen and oxygen atoms in total. The molecule has 0 aliphatic carbocycles. The van der Waals surface area contributed by atoms with Crippen molar-refractivity contribution in [2.75, 3.05) is 5.75 Å². The van der Waals surface area contributed by atoms with Crippen LogP contribution in [0.4, 0.5) is 0 Å². The predicted molar refractivity (Wildman–Crippen MR) is 83.7 cm³/mol. The molecule has 4 heteroatoms. The minimum atomic E-state index is -3.18. The lowest BCUT2D eigenvalue weighted by Crippen LogP contribution is -2.42. The fourth-order valence-corrected chi connectivity index (χ4v) is 2.74. The summed E-state index contributed by atoms with van der Waals surface area (Å²) in [7, 11) is -3.18. The van der Waals surface area contributed by atoms with Gasteiger partial charge in [0.05, 0.1) is 5.75 Å². The van der Waals surface area contributed by atoms with E-state index in [-0.39, 0.29) is 22.6 Å². The van der Waals surface area contributed by atoms with Crippen molar-refractivity contribution in [3.63, 3.8) is 0 Å². The minimum absolute atomic E-state index is 0.0592. The van der Waals surface area contributed by atoms with E-state index >= 15 is 0 Å². The fourth-order valence-electron chi connectivity index (χ4n) is 1.28. The number of sulfonamides is 1. The van der Waals surface area contributed by atoms with Crippen LogP contribution in [0.2, 0.25) is 0 Å². The molecule has 0 bridgehead atoms. The van der Waals surface area contributed by atoms with Gasteiger partial charge in [0.1, 0.15) is 0 Å². The highest BCUT2D eigenvalue weighted by molar-refractivity contribution is 7.89. The van der Waals surface area contributed by atoms with Gasteiger partial charge >= 0.3 is 0 Å². The van der Waals surface area contributed by atoms with Gasteiger partial charge < -0.3 is 0 Å². The summed E-state index contributed by atoms with van der Waals surface area (Å²) in [6.07, 6.45) is 5.58. The third-order valence-electron chi connectivity index (χ3n) is 3.11. The molecule has 0 aromatic carbocycles. The summed E-state index contributed by atoms with van der Waals surface area (Å²) in [6, 6.07) is -0.0592. The normalized spacial score (nSPS) is 15.9. The van der Waals surface area contributed by atoms with Gasteiger partial charge in [-0.3, -0.25) is 0 Å². The van der Waals surface area contributed by atoms with Gasteiger partial charge in [-0.25, -0.2) is 13.1 Å². The minimum Gasteiger partial charge on any atom is -0.212 e. The second-order valence-electron chi connectivity index (χ2n) is 7.55. The summed E-state index contributed by atoms with van der Waals surface area (Å²) in [4.78, 5) is 0. The highest BCUT2D eigenvalue weighted by Crippen LogP contribution is 2.20. The maximum atomic E-state index is 11.9. The average molecular weight is 289 g/mol. The van der Waals surface area contributed by atoms with Gasteiger partial charge in [0.15, 0.2) is 0 Å². The van der Waals surface area contributed by atoms with E-state index in [2.05, 4.69) is 31.6 Å². The van der Waals surface area contributed by atoms with Crippen LogP contribution < -0.4 is 4.72 Å². The van der Waals surface area contributed by atoms with Gasteiger partial charge in [0.2, 0.25) is 10.0 Å². The number of allylic oxidation sites excluding steroid dienone is 2. The molecular weight excluding hydrogens is 258 g/mol. The van der Waals surface area contributed by atoms with Crippen LogP contribution in [-0.2, 0) is 10.0 Å².